The Hall–Kier alpha value is -4.28. The van der Waals surface area contributed by atoms with Crippen LogP contribution in [0.3, 0.4) is 0 Å². The van der Waals surface area contributed by atoms with Gasteiger partial charge >= 0.3 is 0 Å². The molecule has 5 aromatic rings. The molecular formula is C33H32ClFN6O3. The lowest BCUT2D eigenvalue weighted by Crippen LogP contribution is -2.38. The number of amides is 1. The van der Waals surface area contributed by atoms with Gasteiger partial charge in [-0.1, -0.05) is 47.7 Å². The summed E-state index contributed by atoms with van der Waals surface area (Å²) in [6, 6.07) is 12.5. The first-order valence-electron chi connectivity index (χ1n) is 14.9. The van der Waals surface area contributed by atoms with Gasteiger partial charge in [-0.3, -0.25) is 4.79 Å². The van der Waals surface area contributed by atoms with Gasteiger partial charge in [0.1, 0.15) is 23.4 Å². The van der Waals surface area contributed by atoms with Gasteiger partial charge < -0.3 is 19.6 Å². The number of carbonyl (C=O) groups is 1. The van der Waals surface area contributed by atoms with Crippen LogP contribution in [-0.2, 0) is 4.79 Å². The van der Waals surface area contributed by atoms with Crippen molar-refractivity contribution in [3.63, 3.8) is 0 Å². The number of pyridine rings is 1. The maximum atomic E-state index is 16.8. The SMILES string of the molecule is C=CC(=O)N1CCC(n2nnc3c(OC[C@@H]4CCCN4C)nc4c(F)c(-c5cc(O)cc6ccccc56)c(Cl)cc4c32)CC1. The highest BCUT2D eigenvalue weighted by Gasteiger charge is 2.30. The second-order valence-corrected chi connectivity index (χ2v) is 12.1. The van der Waals surface area contributed by atoms with Gasteiger partial charge in [0, 0.05) is 30.1 Å². The smallest absolute Gasteiger partial charge is 0.245 e. The third-order valence-electron chi connectivity index (χ3n) is 9.05. The van der Waals surface area contributed by atoms with Gasteiger partial charge in [0.2, 0.25) is 11.8 Å². The van der Waals surface area contributed by atoms with E-state index < -0.39 is 5.82 Å². The number of nitrogens with zero attached hydrogens (tertiary/aromatic N) is 6. The number of benzene rings is 3. The molecule has 2 aliphatic rings. The number of rotatable bonds is 6. The summed E-state index contributed by atoms with van der Waals surface area (Å²) < 4.78 is 25.0. The van der Waals surface area contributed by atoms with E-state index >= 15 is 4.39 Å². The Labute approximate surface area is 258 Å². The van der Waals surface area contributed by atoms with Crippen LogP contribution in [0.2, 0.25) is 5.02 Å². The quantitative estimate of drug-likeness (QED) is 0.230. The van der Waals surface area contributed by atoms with Gasteiger partial charge in [0.15, 0.2) is 11.3 Å². The molecule has 1 amide bonds. The van der Waals surface area contributed by atoms with E-state index in [-0.39, 0.29) is 45.7 Å². The summed E-state index contributed by atoms with van der Waals surface area (Å²) in [6.07, 6.45) is 4.71. The maximum absolute atomic E-state index is 16.8. The number of aromatic nitrogens is 4. The highest BCUT2D eigenvalue weighted by atomic mass is 35.5. The van der Waals surface area contributed by atoms with E-state index in [9.17, 15) is 9.90 Å². The zero-order chi connectivity index (χ0) is 30.5. The van der Waals surface area contributed by atoms with E-state index in [0.29, 0.717) is 54.5 Å². The highest BCUT2D eigenvalue weighted by molar-refractivity contribution is 6.35. The first kappa shape index (κ1) is 28.5. The van der Waals surface area contributed by atoms with Crippen LogP contribution in [0.25, 0.3) is 43.8 Å². The Kier molecular flexibility index (Phi) is 7.34. The zero-order valence-electron chi connectivity index (χ0n) is 24.3. The largest absolute Gasteiger partial charge is 0.508 e. The van der Waals surface area contributed by atoms with Crippen molar-refractivity contribution < 1.29 is 19.0 Å². The van der Waals surface area contributed by atoms with Gasteiger partial charge in [-0.15, -0.1) is 5.10 Å². The molecule has 0 spiro atoms. The number of piperidine rings is 1. The first-order valence-corrected chi connectivity index (χ1v) is 15.2. The maximum Gasteiger partial charge on any atom is 0.245 e. The first-order chi connectivity index (χ1) is 21.3. The average Bonchev–Trinajstić information content (AvgIpc) is 3.66. The molecule has 226 valence electrons. The summed E-state index contributed by atoms with van der Waals surface area (Å²) in [5, 5.41) is 21.7. The molecular weight excluding hydrogens is 583 g/mol. The van der Waals surface area contributed by atoms with E-state index in [4.69, 9.17) is 21.3 Å². The summed E-state index contributed by atoms with van der Waals surface area (Å²) in [7, 11) is 2.07. The molecule has 0 unspecified atom stereocenters. The molecule has 0 radical (unpaired) electrons. The molecule has 2 saturated heterocycles. The normalized spacial score (nSPS) is 18.1. The molecule has 0 aliphatic carbocycles. The molecule has 7 rings (SSSR count). The van der Waals surface area contributed by atoms with E-state index in [0.717, 1.165) is 30.2 Å². The third-order valence-corrected chi connectivity index (χ3v) is 9.35. The lowest BCUT2D eigenvalue weighted by atomic mass is 9.96. The molecule has 3 aromatic carbocycles. The number of likely N-dealkylation sites (tertiary alicyclic amines) is 2. The van der Waals surface area contributed by atoms with Crippen molar-refractivity contribution in [1.82, 2.24) is 29.8 Å². The van der Waals surface area contributed by atoms with Crippen molar-refractivity contribution in [1.29, 1.82) is 0 Å². The Bertz CT molecular complexity index is 1940. The molecule has 1 atom stereocenters. The number of fused-ring (bicyclic) bond motifs is 4. The van der Waals surface area contributed by atoms with Crippen molar-refractivity contribution in [2.45, 2.75) is 37.8 Å². The Morgan fingerprint density at radius 2 is 1.93 bits per heavy atom. The van der Waals surface area contributed by atoms with Crippen molar-refractivity contribution >= 4 is 50.2 Å². The number of aromatic hydroxyl groups is 1. The number of phenols is 1. The molecule has 0 saturated carbocycles. The van der Waals surface area contributed by atoms with Crippen LogP contribution in [0.15, 0.2) is 55.1 Å². The fraction of sp³-hybridized carbons (Fsp3) is 0.333. The number of likely N-dealkylation sites (N-methyl/N-ethyl adjacent to an activating group) is 1. The Morgan fingerprint density at radius 3 is 2.68 bits per heavy atom. The summed E-state index contributed by atoms with van der Waals surface area (Å²) in [5.41, 5.74) is 1.73. The van der Waals surface area contributed by atoms with Gasteiger partial charge in [-0.2, -0.15) is 0 Å². The summed E-state index contributed by atoms with van der Waals surface area (Å²) in [6.45, 7) is 6.07. The number of halogens is 2. The third kappa shape index (κ3) is 4.82. The van der Waals surface area contributed by atoms with Crippen LogP contribution in [0.4, 0.5) is 4.39 Å². The van der Waals surface area contributed by atoms with E-state index in [1.807, 2.05) is 28.9 Å². The minimum absolute atomic E-state index is 0.00550. The van der Waals surface area contributed by atoms with Crippen LogP contribution in [0.1, 0.15) is 31.7 Å². The fourth-order valence-electron chi connectivity index (χ4n) is 6.67. The second kappa shape index (κ2) is 11.3. The zero-order valence-corrected chi connectivity index (χ0v) is 25.1. The molecule has 44 heavy (non-hydrogen) atoms. The van der Waals surface area contributed by atoms with E-state index in [1.54, 1.807) is 17.0 Å². The predicted octanol–water partition coefficient (Wildman–Crippen LogP) is 6.12. The number of hydrogen-bond donors (Lipinski definition) is 1. The molecule has 4 heterocycles. The van der Waals surface area contributed by atoms with Crippen molar-refractivity contribution in [2.24, 2.45) is 0 Å². The van der Waals surface area contributed by atoms with Crippen LogP contribution >= 0.6 is 11.6 Å². The van der Waals surface area contributed by atoms with Gasteiger partial charge in [0.05, 0.1) is 11.1 Å². The monoisotopic (exact) mass is 614 g/mol. The fourth-order valence-corrected chi connectivity index (χ4v) is 6.97. The van der Waals surface area contributed by atoms with Gasteiger partial charge in [0.25, 0.3) is 0 Å². The van der Waals surface area contributed by atoms with Crippen molar-refractivity contribution in [3.05, 3.63) is 66.0 Å². The molecule has 1 N–H and O–H groups in total. The van der Waals surface area contributed by atoms with Gasteiger partial charge in [-0.05, 0) is 79.9 Å². The molecule has 2 fully saturated rings. The van der Waals surface area contributed by atoms with Crippen LogP contribution in [0, 0.1) is 5.82 Å². The number of ether oxygens (including phenoxy) is 1. The molecule has 2 aliphatic heterocycles. The van der Waals surface area contributed by atoms with E-state index in [1.165, 1.54) is 12.1 Å². The van der Waals surface area contributed by atoms with Crippen molar-refractivity contribution in [3.8, 4) is 22.8 Å². The summed E-state index contributed by atoms with van der Waals surface area (Å²) in [4.78, 5) is 20.9. The van der Waals surface area contributed by atoms with Crippen molar-refractivity contribution in [2.75, 3.05) is 33.3 Å². The van der Waals surface area contributed by atoms with E-state index in [2.05, 4.69) is 28.8 Å². The standard InChI is InChI=1S/C33H32ClFN6O3/c1-3-27(43)40-13-10-20(11-14-40)41-32-25-17-26(34)28(24-16-22(42)15-19-7-4-5-9-23(19)24)29(35)30(25)36-33(31(32)37-38-41)44-18-21-8-6-12-39(21)2/h3-5,7,9,15-17,20-21,42H,1,6,8,10-14,18H2,2H3/t21-/m0/s1. The minimum atomic E-state index is -0.618. The highest BCUT2D eigenvalue weighted by Crippen LogP contribution is 2.43. The van der Waals surface area contributed by atoms with Crippen LogP contribution < -0.4 is 4.74 Å². The lowest BCUT2D eigenvalue weighted by Gasteiger charge is -2.31. The lowest BCUT2D eigenvalue weighted by molar-refractivity contribution is -0.127. The minimum Gasteiger partial charge on any atom is -0.508 e. The van der Waals surface area contributed by atoms with Crippen LogP contribution in [-0.4, -0.2) is 80.1 Å². The number of hydrogen-bond acceptors (Lipinski definition) is 7. The molecule has 11 heteroatoms. The Balaban J connectivity index is 1.40. The van der Waals surface area contributed by atoms with Crippen LogP contribution in [0.5, 0.6) is 11.6 Å². The Morgan fingerprint density at radius 1 is 1.14 bits per heavy atom. The molecule has 9 nitrogen and oxygen atoms in total. The topological polar surface area (TPSA) is 96.6 Å². The predicted molar refractivity (Wildman–Crippen MR) is 169 cm³/mol. The number of carbonyl (C=O) groups excluding carboxylic acids is 1. The summed E-state index contributed by atoms with van der Waals surface area (Å²) >= 11 is 6.88. The molecule has 0 bridgehead atoms. The molecule has 2 aromatic heterocycles. The average molecular weight is 615 g/mol. The summed E-state index contributed by atoms with van der Waals surface area (Å²) in [5.74, 6) is -0.501. The van der Waals surface area contributed by atoms with Gasteiger partial charge in [-0.25, -0.2) is 14.1 Å². The number of phenolic OH excluding ortho intramolecular Hbond substituents is 1. The second-order valence-electron chi connectivity index (χ2n) is 11.7.